The molecule has 1 unspecified atom stereocenters. The lowest BCUT2D eigenvalue weighted by molar-refractivity contribution is 0.492. The Morgan fingerprint density at radius 2 is 1.57 bits per heavy atom. The molecular formula is C21H12ClF4N3O. The average molecular weight is 434 g/mol. The van der Waals surface area contributed by atoms with Gasteiger partial charge >= 0.3 is 0 Å². The Bertz CT molecular complexity index is 1210. The lowest BCUT2D eigenvalue weighted by Gasteiger charge is -2.18. The quantitative estimate of drug-likeness (QED) is 0.384. The first-order valence-electron chi connectivity index (χ1n) is 8.66. The molecule has 4 aromatic rings. The normalized spacial score (nSPS) is 12.0. The molecule has 0 saturated carbocycles. The minimum atomic E-state index is -0.993. The predicted molar refractivity (Wildman–Crippen MR) is 103 cm³/mol. The van der Waals surface area contributed by atoms with Gasteiger partial charge in [0.2, 0.25) is 11.8 Å². The van der Waals surface area contributed by atoms with E-state index in [1.165, 1.54) is 36.4 Å². The summed E-state index contributed by atoms with van der Waals surface area (Å²) in [4.78, 5) is 0. The van der Waals surface area contributed by atoms with E-state index in [0.29, 0.717) is 17.2 Å². The molecule has 1 heterocycles. The van der Waals surface area contributed by atoms with Crippen LogP contribution < -0.4 is 5.32 Å². The van der Waals surface area contributed by atoms with Crippen molar-refractivity contribution in [3.63, 3.8) is 0 Å². The molecule has 1 atom stereocenters. The second-order valence-corrected chi connectivity index (χ2v) is 6.73. The van der Waals surface area contributed by atoms with Crippen LogP contribution in [0.3, 0.4) is 0 Å². The van der Waals surface area contributed by atoms with Crippen LogP contribution in [0.4, 0.5) is 23.2 Å². The summed E-state index contributed by atoms with van der Waals surface area (Å²) >= 11 is 6.18. The van der Waals surface area contributed by atoms with E-state index >= 15 is 0 Å². The van der Waals surface area contributed by atoms with Gasteiger partial charge in [-0.2, -0.15) is 0 Å². The van der Waals surface area contributed by atoms with Gasteiger partial charge in [0, 0.05) is 22.2 Å². The van der Waals surface area contributed by atoms with Crippen LogP contribution in [0.5, 0.6) is 0 Å². The van der Waals surface area contributed by atoms with E-state index in [0.717, 1.165) is 12.1 Å². The molecule has 1 aromatic heterocycles. The Balaban J connectivity index is 1.77. The van der Waals surface area contributed by atoms with Crippen LogP contribution >= 0.6 is 11.6 Å². The van der Waals surface area contributed by atoms with Crippen molar-refractivity contribution in [3.8, 4) is 11.5 Å². The van der Waals surface area contributed by atoms with Gasteiger partial charge in [0.25, 0.3) is 0 Å². The van der Waals surface area contributed by atoms with Gasteiger partial charge in [-0.05, 0) is 42.5 Å². The molecule has 3 aromatic carbocycles. The van der Waals surface area contributed by atoms with Gasteiger partial charge in [-0.3, -0.25) is 0 Å². The molecule has 0 aliphatic rings. The summed E-state index contributed by atoms with van der Waals surface area (Å²) in [5, 5.41) is 10.7. The molecule has 0 saturated heterocycles. The lowest BCUT2D eigenvalue weighted by Crippen LogP contribution is -2.14. The van der Waals surface area contributed by atoms with Crippen LogP contribution in [0.1, 0.15) is 17.5 Å². The zero-order valence-corrected chi connectivity index (χ0v) is 15.8. The molecule has 0 aliphatic heterocycles. The Kier molecular flexibility index (Phi) is 5.41. The molecule has 1 N–H and O–H groups in total. The maximum atomic E-state index is 14.2. The summed E-state index contributed by atoms with van der Waals surface area (Å²) in [6.45, 7) is 0. The van der Waals surface area contributed by atoms with Crippen molar-refractivity contribution in [2.75, 3.05) is 5.32 Å². The molecular weight excluding hydrogens is 422 g/mol. The Morgan fingerprint density at radius 3 is 2.30 bits per heavy atom. The number of benzene rings is 3. The van der Waals surface area contributed by atoms with E-state index in [-0.39, 0.29) is 22.5 Å². The second kappa shape index (κ2) is 8.16. The molecule has 0 spiro atoms. The molecule has 4 rings (SSSR count). The highest BCUT2D eigenvalue weighted by atomic mass is 35.5. The van der Waals surface area contributed by atoms with Gasteiger partial charge < -0.3 is 9.73 Å². The van der Waals surface area contributed by atoms with Crippen molar-refractivity contribution < 1.29 is 22.0 Å². The molecule has 0 radical (unpaired) electrons. The van der Waals surface area contributed by atoms with Gasteiger partial charge in [0.1, 0.15) is 29.3 Å². The van der Waals surface area contributed by atoms with Crippen molar-refractivity contribution in [3.05, 3.63) is 100 Å². The molecule has 0 fully saturated rings. The standard InChI is InChI=1S/C21H12ClF4N3O/c22-16-9-13(24)4-6-15(16)19(27-18-7-5-14(25)10-17(18)26)21-29-28-20(30-21)11-2-1-3-12(23)8-11/h1-10,19,27H. The molecule has 152 valence electrons. The fourth-order valence-corrected chi connectivity index (χ4v) is 3.14. The minimum absolute atomic E-state index is 0.0223. The fourth-order valence-electron chi connectivity index (χ4n) is 2.86. The monoisotopic (exact) mass is 433 g/mol. The minimum Gasteiger partial charge on any atom is -0.418 e. The second-order valence-electron chi connectivity index (χ2n) is 6.32. The van der Waals surface area contributed by atoms with Crippen molar-refractivity contribution in [2.45, 2.75) is 6.04 Å². The Hall–Kier alpha value is -3.39. The number of aromatic nitrogens is 2. The SMILES string of the molecule is Fc1cccc(-c2nnc(C(Nc3ccc(F)cc3F)c3ccc(F)cc3Cl)o2)c1. The number of hydrogen-bond acceptors (Lipinski definition) is 4. The summed E-state index contributed by atoms with van der Waals surface area (Å²) in [6.07, 6.45) is 0. The maximum absolute atomic E-state index is 14.2. The molecule has 0 amide bonds. The Labute approximate surface area is 173 Å². The van der Waals surface area contributed by atoms with E-state index in [1.54, 1.807) is 6.07 Å². The van der Waals surface area contributed by atoms with E-state index in [2.05, 4.69) is 15.5 Å². The van der Waals surface area contributed by atoms with Crippen LogP contribution in [0.25, 0.3) is 11.5 Å². The van der Waals surface area contributed by atoms with Crippen molar-refractivity contribution in [1.29, 1.82) is 0 Å². The van der Waals surface area contributed by atoms with E-state index in [4.69, 9.17) is 16.0 Å². The van der Waals surface area contributed by atoms with E-state index in [1.807, 2.05) is 0 Å². The predicted octanol–water partition coefficient (Wildman–Crippen LogP) is 6.15. The van der Waals surface area contributed by atoms with E-state index in [9.17, 15) is 17.6 Å². The van der Waals surface area contributed by atoms with Gasteiger partial charge in [-0.1, -0.05) is 23.7 Å². The largest absolute Gasteiger partial charge is 0.418 e. The number of nitrogens with one attached hydrogen (secondary N) is 1. The zero-order chi connectivity index (χ0) is 21.3. The number of rotatable bonds is 5. The van der Waals surface area contributed by atoms with E-state index < -0.39 is 29.3 Å². The van der Waals surface area contributed by atoms with Crippen LogP contribution in [0.2, 0.25) is 5.02 Å². The van der Waals surface area contributed by atoms with Gasteiger partial charge in [-0.25, -0.2) is 17.6 Å². The summed E-state index contributed by atoms with van der Waals surface area (Å²) in [5.74, 6) is -2.68. The number of anilines is 1. The maximum Gasteiger partial charge on any atom is 0.247 e. The number of halogens is 5. The van der Waals surface area contributed by atoms with Crippen molar-refractivity contribution in [1.82, 2.24) is 10.2 Å². The third kappa shape index (κ3) is 4.13. The highest BCUT2D eigenvalue weighted by Gasteiger charge is 2.25. The van der Waals surface area contributed by atoms with Crippen LogP contribution in [0.15, 0.2) is 65.1 Å². The fraction of sp³-hybridized carbons (Fsp3) is 0.0476. The highest BCUT2D eigenvalue weighted by molar-refractivity contribution is 6.31. The molecule has 0 aliphatic carbocycles. The van der Waals surface area contributed by atoms with Gasteiger partial charge in [0.05, 0.1) is 5.69 Å². The average Bonchev–Trinajstić information content (AvgIpc) is 3.18. The first-order valence-corrected chi connectivity index (χ1v) is 9.04. The van der Waals surface area contributed by atoms with Gasteiger partial charge in [-0.15, -0.1) is 10.2 Å². The molecule has 9 heteroatoms. The summed E-state index contributed by atoms with van der Waals surface area (Å²) in [5.41, 5.74) is 0.592. The number of hydrogen-bond donors (Lipinski definition) is 1. The Morgan fingerprint density at radius 1 is 0.833 bits per heavy atom. The third-order valence-electron chi connectivity index (χ3n) is 4.26. The molecule has 30 heavy (non-hydrogen) atoms. The topological polar surface area (TPSA) is 51.0 Å². The first-order chi connectivity index (χ1) is 14.4. The van der Waals surface area contributed by atoms with Crippen LogP contribution in [-0.2, 0) is 0 Å². The molecule has 0 bridgehead atoms. The summed E-state index contributed by atoms with van der Waals surface area (Å²) in [7, 11) is 0. The van der Waals surface area contributed by atoms with Crippen molar-refractivity contribution >= 4 is 17.3 Å². The third-order valence-corrected chi connectivity index (χ3v) is 4.59. The van der Waals surface area contributed by atoms with Crippen LogP contribution in [-0.4, -0.2) is 10.2 Å². The van der Waals surface area contributed by atoms with Crippen molar-refractivity contribution in [2.24, 2.45) is 0 Å². The smallest absolute Gasteiger partial charge is 0.247 e. The molecule has 4 nitrogen and oxygen atoms in total. The van der Waals surface area contributed by atoms with Gasteiger partial charge in [0.15, 0.2) is 0 Å². The zero-order valence-electron chi connectivity index (χ0n) is 15.0. The first kappa shape index (κ1) is 19.9. The highest BCUT2D eigenvalue weighted by Crippen LogP contribution is 2.33. The summed E-state index contributed by atoms with van der Waals surface area (Å²) < 4.78 is 60.2. The number of nitrogens with zero attached hydrogens (tertiary/aromatic N) is 2. The van der Waals surface area contributed by atoms with Crippen LogP contribution in [0, 0.1) is 23.3 Å². The summed E-state index contributed by atoms with van der Waals surface area (Å²) in [6, 6.07) is 11.1. The lowest BCUT2D eigenvalue weighted by atomic mass is 10.1.